The van der Waals surface area contributed by atoms with Crippen molar-refractivity contribution in [2.75, 3.05) is 5.32 Å². The van der Waals surface area contributed by atoms with Crippen LogP contribution in [0.2, 0.25) is 0 Å². The van der Waals surface area contributed by atoms with Gasteiger partial charge in [-0.25, -0.2) is 0 Å². The van der Waals surface area contributed by atoms with Gasteiger partial charge in [0.15, 0.2) is 0 Å². The molecule has 84 valence electrons. The Morgan fingerprint density at radius 3 is 3.00 bits per heavy atom. The topological polar surface area (TPSA) is 12.0 Å². The molecule has 0 aromatic heterocycles. The van der Waals surface area contributed by atoms with Crippen molar-refractivity contribution in [2.45, 2.75) is 38.6 Å². The van der Waals surface area contributed by atoms with E-state index in [2.05, 4.69) is 30.3 Å². The van der Waals surface area contributed by atoms with Gasteiger partial charge < -0.3 is 5.32 Å². The van der Waals surface area contributed by atoms with Gasteiger partial charge in [-0.2, -0.15) is 0 Å². The number of rotatable bonds is 2. The molecule has 16 heavy (non-hydrogen) atoms. The van der Waals surface area contributed by atoms with Crippen LogP contribution in [0.3, 0.4) is 0 Å². The minimum Gasteiger partial charge on any atom is -0.382 e. The molecule has 1 aliphatic rings. The summed E-state index contributed by atoms with van der Waals surface area (Å²) < 4.78 is 0. The average molecular weight is 213 g/mol. The first-order valence-corrected chi connectivity index (χ1v) is 6.11. The fraction of sp³-hybridized carbons (Fsp3) is 0.467. The normalized spacial score (nSPS) is 24.8. The lowest BCUT2D eigenvalue weighted by molar-refractivity contribution is 0.358. The van der Waals surface area contributed by atoms with Crippen LogP contribution in [0.4, 0.5) is 5.69 Å². The molecule has 1 N–H and O–H groups in total. The molecule has 0 aliphatic heterocycles. The second-order valence-electron chi connectivity index (χ2n) is 4.84. The Kier molecular flexibility index (Phi) is 3.51. The van der Waals surface area contributed by atoms with Crippen LogP contribution in [0, 0.1) is 18.3 Å². The zero-order valence-electron chi connectivity index (χ0n) is 9.87. The van der Waals surface area contributed by atoms with Crippen LogP contribution in [-0.2, 0) is 0 Å². The summed E-state index contributed by atoms with van der Waals surface area (Å²) in [5, 5.41) is 3.59. The molecule has 1 nitrogen and oxygen atoms in total. The Hall–Kier alpha value is -1.42. The lowest BCUT2D eigenvalue weighted by atomic mass is 9.87. The van der Waals surface area contributed by atoms with Gasteiger partial charge in [-0.3, -0.25) is 0 Å². The molecule has 2 rings (SSSR count). The molecule has 0 radical (unpaired) electrons. The Morgan fingerprint density at radius 1 is 1.38 bits per heavy atom. The van der Waals surface area contributed by atoms with Crippen LogP contribution < -0.4 is 5.32 Å². The minimum atomic E-state index is 0.622. The molecule has 1 heteroatoms. The smallest absolute Gasteiger partial charge is 0.0354 e. The van der Waals surface area contributed by atoms with Crippen molar-refractivity contribution in [3.63, 3.8) is 0 Å². The van der Waals surface area contributed by atoms with Crippen LogP contribution in [0.25, 0.3) is 0 Å². The largest absolute Gasteiger partial charge is 0.382 e. The number of benzene rings is 1. The molecule has 1 aromatic carbocycles. The van der Waals surface area contributed by atoms with Gasteiger partial charge in [0.1, 0.15) is 0 Å². The highest BCUT2D eigenvalue weighted by Crippen LogP contribution is 2.26. The maximum atomic E-state index is 5.40. The van der Waals surface area contributed by atoms with Crippen LogP contribution in [0.5, 0.6) is 0 Å². The fourth-order valence-corrected chi connectivity index (χ4v) is 2.50. The molecule has 1 saturated carbocycles. The van der Waals surface area contributed by atoms with Crippen molar-refractivity contribution >= 4 is 5.69 Å². The maximum Gasteiger partial charge on any atom is 0.0354 e. The SMILES string of the molecule is C#Cc1cccc(NC2CCCC(C)C2)c1. The van der Waals surface area contributed by atoms with Crippen molar-refractivity contribution < 1.29 is 0 Å². The summed E-state index contributed by atoms with van der Waals surface area (Å²) in [5.41, 5.74) is 2.11. The molecule has 0 amide bonds. The fourth-order valence-electron chi connectivity index (χ4n) is 2.50. The Morgan fingerprint density at radius 2 is 2.25 bits per heavy atom. The van der Waals surface area contributed by atoms with Gasteiger partial charge >= 0.3 is 0 Å². The van der Waals surface area contributed by atoms with E-state index in [1.807, 2.05) is 12.1 Å². The quantitative estimate of drug-likeness (QED) is 0.739. The number of anilines is 1. The summed E-state index contributed by atoms with van der Waals surface area (Å²) >= 11 is 0. The molecule has 0 bridgehead atoms. The van der Waals surface area contributed by atoms with E-state index in [1.165, 1.54) is 25.7 Å². The first-order valence-electron chi connectivity index (χ1n) is 6.11. The number of hydrogen-bond acceptors (Lipinski definition) is 1. The van der Waals surface area contributed by atoms with Gasteiger partial charge in [-0.15, -0.1) is 6.42 Å². The van der Waals surface area contributed by atoms with Gasteiger partial charge in [0.2, 0.25) is 0 Å². The van der Waals surface area contributed by atoms with Crippen LogP contribution >= 0.6 is 0 Å². The second-order valence-corrected chi connectivity index (χ2v) is 4.84. The van der Waals surface area contributed by atoms with Crippen molar-refractivity contribution in [1.29, 1.82) is 0 Å². The van der Waals surface area contributed by atoms with Crippen molar-refractivity contribution in [3.8, 4) is 12.3 Å². The Bertz CT molecular complexity index is 389. The zero-order valence-corrected chi connectivity index (χ0v) is 9.87. The highest BCUT2D eigenvalue weighted by atomic mass is 14.9. The van der Waals surface area contributed by atoms with E-state index in [1.54, 1.807) is 0 Å². The Labute approximate surface area is 98.3 Å². The highest BCUT2D eigenvalue weighted by Gasteiger charge is 2.18. The van der Waals surface area contributed by atoms with Gasteiger partial charge in [0.25, 0.3) is 0 Å². The summed E-state index contributed by atoms with van der Waals surface area (Å²) in [4.78, 5) is 0. The third-order valence-corrected chi connectivity index (χ3v) is 3.34. The third-order valence-electron chi connectivity index (χ3n) is 3.34. The van der Waals surface area contributed by atoms with Crippen LogP contribution in [0.15, 0.2) is 24.3 Å². The molecule has 1 fully saturated rings. The lowest BCUT2D eigenvalue weighted by Gasteiger charge is -2.28. The number of nitrogens with one attached hydrogen (secondary N) is 1. The maximum absolute atomic E-state index is 5.40. The van der Waals surface area contributed by atoms with E-state index in [0.29, 0.717) is 6.04 Å². The van der Waals surface area contributed by atoms with Crippen molar-refractivity contribution in [3.05, 3.63) is 29.8 Å². The molecular weight excluding hydrogens is 194 g/mol. The summed E-state index contributed by atoms with van der Waals surface area (Å²) in [6.07, 6.45) is 10.7. The first-order chi connectivity index (χ1) is 7.78. The molecule has 1 aromatic rings. The predicted octanol–water partition coefficient (Wildman–Crippen LogP) is 3.66. The highest BCUT2D eigenvalue weighted by molar-refractivity contribution is 5.50. The van der Waals surface area contributed by atoms with Gasteiger partial charge in [-0.1, -0.05) is 31.8 Å². The predicted molar refractivity (Wildman–Crippen MR) is 69.4 cm³/mol. The van der Waals surface area contributed by atoms with Crippen LogP contribution in [0.1, 0.15) is 38.2 Å². The third kappa shape index (κ3) is 2.79. The lowest BCUT2D eigenvalue weighted by Crippen LogP contribution is -2.26. The molecule has 0 heterocycles. The van der Waals surface area contributed by atoms with E-state index < -0.39 is 0 Å². The van der Waals surface area contributed by atoms with Crippen molar-refractivity contribution in [2.24, 2.45) is 5.92 Å². The standard InChI is InChI=1S/C15H19N/c1-3-13-7-5-9-15(11-13)16-14-8-4-6-12(2)10-14/h1,5,7,9,11-12,14,16H,4,6,8,10H2,2H3. The molecule has 2 unspecified atom stereocenters. The number of terminal acetylenes is 1. The second kappa shape index (κ2) is 5.07. The van der Waals surface area contributed by atoms with Crippen molar-refractivity contribution in [1.82, 2.24) is 0 Å². The monoisotopic (exact) mass is 213 g/mol. The van der Waals surface area contributed by atoms with E-state index in [0.717, 1.165) is 17.2 Å². The average Bonchev–Trinajstić information content (AvgIpc) is 2.29. The van der Waals surface area contributed by atoms with Gasteiger partial charge in [0.05, 0.1) is 0 Å². The first kappa shape index (κ1) is 11.1. The summed E-state index contributed by atoms with van der Waals surface area (Å²) in [6, 6.07) is 8.76. The van der Waals surface area contributed by atoms with E-state index in [9.17, 15) is 0 Å². The van der Waals surface area contributed by atoms with Gasteiger partial charge in [-0.05, 0) is 37.0 Å². The van der Waals surface area contributed by atoms with E-state index >= 15 is 0 Å². The minimum absolute atomic E-state index is 0.622. The zero-order chi connectivity index (χ0) is 11.4. The van der Waals surface area contributed by atoms with E-state index in [-0.39, 0.29) is 0 Å². The van der Waals surface area contributed by atoms with E-state index in [4.69, 9.17) is 6.42 Å². The molecular formula is C15H19N. The van der Waals surface area contributed by atoms with Crippen LogP contribution in [-0.4, -0.2) is 6.04 Å². The molecule has 0 spiro atoms. The van der Waals surface area contributed by atoms with Gasteiger partial charge in [0, 0.05) is 17.3 Å². The summed E-state index contributed by atoms with van der Waals surface area (Å²) in [6.45, 7) is 2.34. The Balaban J connectivity index is 2.00. The number of hydrogen-bond donors (Lipinski definition) is 1. The summed E-state index contributed by atoms with van der Waals surface area (Å²) in [7, 11) is 0. The molecule has 2 atom stereocenters. The summed E-state index contributed by atoms with van der Waals surface area (Å²) in [5.74, 6) is 3.52. The molecule has 0 saturated heterocycles. The molecule has 1 aliphatic carbocycles.